The molecule has 1 fully saturated rings. The molecule has 0 spiro atoms. The Morgan fingerprint density at radius 3 is 1.83 bits per heavy atom. The average molecular weight is 725 g/mol. The van der Waals surface area contributed by atoms with Gasteiger partial charge in [-0.2, -0.15) is 0 Å². The average Bonchev–Trinajstić information content (AvgIpc) is 3.17. The second kappa shape index (κ2) is 21.4. The van der Waals surface area contributed by atoms with Gasteiger partial charge in [0.25, 0.3) is 0 Å². The van der Waals surface area contributed by atoms with Crippen LogP contribution in [0.2, 0.25) is 0 Å². The number of ether oxygens (including phenoxy) is 4. The van der Waals surface area contributed by atoms with E-state index in [1.54, 1.807) is 13.8 Å². The van der Waals surface area contributed by atoms with Gasteiger partial charge in [0.2, 0.25) is 0 Å². The smallest absolute Gasteiger partial charge is 0.333 e. The maximum atomic E-state index is 12.0. The molecule has 1 aliphatic rings. The van der Waals surface area contributed by atoms with Crippen LogP contribution in [0.25, 0.3) is 22.3 Å². The first kappa shape index (κ1) is 41.4. The van der Waals surface area contributed by atoms with Crippen molar-refractivity contribution in [3.63, 3.8) is 0 Å². The lowest BCUT2D eigenvalue weighted by Crippen LogP contribution is -2.15. The summed E-state index contributed by atoms with van der Waals surface area (Å²) in [6.07, 6.45) is 12.5. The first-order valence-corrected chi connectivity index (χ1v) is 19.6. The molecule has 286 valence electrons. The van der Waals surface area contributed by atoms with E-state index < -0.39 is 11.9 Å². The van der Waals surface area contributed by atoms with Crippen molar-refractivity contribution in [1.29, 1.82) is 0 Å². The van der Waals surface area contributed by atoms with Gasteiger partial charge in [-0.15, -0.1) is 0 Å². The predicted octanol–water partition coefficient (Wildman–Crippen LogP) is 10.4. The van der Waals surface area contributed by atoms with E-state index in [1.807, 2.05) is 12.1 Å². The minimum Gasteiger partial charge on any atom is -0.490 e. The molecule has 3 aromatic rings. The molecule has 0 heterocycles. The summed E-state index contributed by atoms with van der Waals surface area (Å²) in [7, 11) is 0. The molecule has 53 heavy (non-hydrogen) atoms. The van der Waals surface area contributed by atoms with Crippen LogP contribution in [0.3, 0.4) is 0 Å². The number of aliphatic hydroxyl groups is 1. The third-order valence-corrected chi connectivity index (χ3v) is 10.2. The SMILES string of the molecule is C=C(C)C(=O)OCCOc1cc(-c2ccc(-c3ccc(C4CCC(CCCCC)CC4)cc3)cc2CC)cc(OCCOC(=O)C(=C)C)c1CCCO. The van der Waals surface area contributed by atoms with Crippen LogP contribution in [0.4, 0.5) is 0 Å². The van der Waals surface area contributed by atoms with Crippen LogP contribution < -0.4 is 9.47 Å². The van der Waals surface area contributed by atoms with Crippen LogP contribution in [0.5, 0.6) is 11.5 Å². The monoisotopic (exact) mass is 724 g/mol. The van der Waals surface area contributed by atoms with Gasteiger partial charge in [0, 0.05) is 23.3 Å². The van der Waals surface area contributed by atoms with Gasteiger partial charge in [0.15, 0.2) is 0 Å². The molecule has 0 bridgehead atoms. The Balaban J connectivity index is 1.58. The molecule has 4 rings (SSSR count). The van der Waals surface area contributed by atoms with Crippen LogP contribution in [0.15, 0.2) is 78.9 Å². The van der Waals surface area contributed by atoms with Crippen molar-refractivity contribution in [3.05, 3.63) is 95.6 Å². The number of esters is 2. The van der Waals surface area contributed by atoms with Gasteiger partial charge in [0.05, 0.1) is 0 Å². The van der Waals surface area contributed by atoms with Crippen LogP contribution in [0, 0.1) is 5.92 Å². The van der Waals surface area contributed by atoms with Crippen molar-refractivity contribution in [2.24, 2.45) is 5.92 Å². The molecule has 0 aromatic heterocycles. The van der Waals surface area contributed by atoms with E-state index in [-0.39, 0.29) is 33.0 Å². The molecule has 1 N–H and O–H groups in total. The molecule has 0 aliphatic heterocycles. The van der Waals surface area contributed by atoms with Crippen LogP contribution >= 0.6 is 0 Å². The second-order valence-corrected chi connectivity index (χ2v) is 14.4. The molecule has 0 unspecified atom stereocenters. The highest BCUT2D eigenvalue weighted by atomic mass is 16.6. The highest BCUT2D eigenvalue weighted by Crippen LogP contribution is 2.40. The summed E-state index contributed by atoms with van der Waals surface area (Å²) < 4.78 is 23.0. The molecule has 0 atom stereocenters. The standard InChI is InChI=1S/C46H60O7/c1-7-9-10-12-34-14-16-36(17-15-34)37-18-20-38(21-19-37)39-22-23-41(35(8-2)29-39)40-30-43(50-25-27-52-45(48)32(3)4)42(13-11-24-47)44(31-40)51-26-28-53-46(49)33(5)6/h18-23,29-31,34,36,47H,3,5,7-17,24-28H2,1-2,4,6H3. The fraction of sp³-hybridized carbons (Fsp3) is 0.478. The van der Waals surface area contributed by atoms with E-state index in [4.69, 9.17) is 18.9 Å². The number of benzene rings is 3. The molecule has 1 aliphatic carbocycles. The van der Waals surface area contributed by atoms with Gasteiger partial charge in [-0.1, -0.05) is 95.2 Å². The Hall–Kier alpha value is -4.36. The molecule has 0 amide bonds. The summed E-state index contributed by atoms with van der Waals surface area (Å²) in [5.41, 5.74) is 8.38. The van der Waals surface area contributed by atoms with Crippen molar-refractivity contribution in [3.8, 4) is 33.8 Å². The third-order valence-electron chi connectivity index (χ3n) is 10.2. The number of rotatable bonds is 21. The summed E-state index contributed by atoms with van der Waals surface area (Å²) in [5, 5.41) is 9.70. The molecule has 7 heteroatoms. The Labute approximate surface area is 317 Å². The summed E-state index contributed by atoms with van der Waals surface area (Å²) in [5.74, 6) is 1.77. The molecule has 1 saturated carbocycles. The zero-order chi connectivity index (χ0) is 38.2. The van der Waals surface area contributed by atoms with Crippen LogP contribution in [0.1, 0.15) is 108 Å². The third kappa shape index (κ3) is 12.3. The Morgan fingerprint density at radius 2 is 1.30 bits per heavy atom. The minimum absolute atomic E-state index is 0.00421. The summed E-state index contributed by atoms with van der Waals surface area (Å²) in [6.45, 7) is 15.3. The first-order valence-electron chi connectivity index (χ1n) is 19.6. The van der Waals surface area contributed by atoms with Crippen LogP contribution in [-0.4, -0.2) is 50.1 Å². The Bertz CT molecular complexity index is 1610. The molecule has 0 radical (unpaired) electrons. The molecular formula is C46H60O7. The zero-order valence-electron chi connectivity index (χ0n) is 32.5. The summed E-state index contributed by atoms with van der Waals surface area (Å²) >= 11 is 0. The van der Waals surface area contributed by atoms with Crippen molar-refractivity contribution < 1.29 is 33.6 Å². The van der Waals surface area contributed by atoms with E-state index in [2.05, 4.69) is 69.5 Å². The molecular weight excluding hydrogens is 664 g/mol. The number of carbonyl (C=O) groups is 2. The normalized spacial score (nSPS) is 15.4. The maximum absolute atomic E-state index is 12.0. The fourth-order valence-electron chi connectivity index (χ4n) is 7.12. The quantitative estimate of drug-likeness (QED) is 0.0664. The fourth-order valence-corrected chi connectivity index (χ4v) is 7.12. The molecule has 7 nitrogen and oxygen atoms in total. The summed E-state index contributed by atoms with van der Waals surface area (Å²) in [4.78, 5) is 23.9. The van der Waals surface area contributed by atoms with Gasteiger partial charge in [-0.25, -0.2) is 9.59 Å². The predicted molar refractivity (Wildman–Crippen MR) is 213 cm³/mol. The number of aliphatic hydroxyl groups excluding tert-OH is 1. The maximum Gasteiger partial charge on any atom is 0.333 e. The highest BCUT2D eigenvalue weighted by molar-refractivity contribution is 5.87. The number of unbranched alkanes of at least 4 members (excludes halogenated alkanes) is 2. The van der Waals surface area contributed by atoms with E-state index in [9.17, 15) is 14.7 Å². The van der Waals surface area contributed by atoms with E-state index in [0.29, 0.717) is 41.4 Å². The van der Waals surface area contributed by atoms with Gasteiger partial charge < -0.3 is 24.1 Å². The summed E-state index contributed by atoms with van der Waals surface area (Å²) in [6, 6.07) is 19.8. The lowest BCUT2D eigenvalue weighted by molar-refractivity contribution is -0.140. The molecule has 3 aromatic carbocycles. The van der Waals surface area contributed by atoms with Crippen molar-refractivity contribution >= 4 is 11.9 Å². The number of hydrogen-bond donors (Lipinski definition) is 1. The largest absolute Gasteiger partial charge is 0.490 e. The van der Waals surface area contributed by atoms with Gasteiger partial charge >= 0.3 is 11.9 Å². The molecule has 0 saturated heterocycles. The Kier molecular flexibility index (Phi) is 16.7. The Morgan fingerprint density at radius 1 is 0.717 bits per heavy atom. The van der Waals surface area contributed by atoms with Gasteiger partial charge in [-0.3, -0.25) is 0 Å². The van der Waals surface area contributed by atoms with Gasteiger partial charge in [-0.05, 0) is 116 Å². The van der Waals surface area contributed by atoms with Crippen molar-refractivity contribution in [2.45, 2.75) is 104 Å². The topological polar surface area (TPSA) is 91.3 Å². The zero-order valence-corrected chi connectivity index (χ0v) is 32.5. The lowest BCUT2D eigenvalue weighted by Gasteiger charge is -2.29. The number of aryl methyl sites for hydroxylation is 1. The van der Waals surface area contributed by atoms with Crippen molar-refractivity contribution in [2.75, 3.05) is 33.0 Å². The van der Waals surface area contributed by atoms with E-state index >= 15 is 0 Å². The van der Waals surface area contributed by atoms with Crippen LogP contribution in [-0.2, 0) is 31.9 Å². The first-order chi connectivity index (χ1) is 25.6. The lowest BCUT2D eigenvalue weighted by atomic mass is 9.77. The second-order valence-electron chi connectivity index (χ2n) is 14.4. The minimum atomic E-state index is -0.473. The van der Waals surface area contributed by atoms with E-state index in [1.165, 1.54) is 73.6 Å². The number of hydrogen-bond acceptors (Lipinski definition) is 7. The van der Waals surface area contributed by atoms with Crippen molar-refractivity contribution in [1.82, 2.24) is 0 Å². The van der Waals surface area contributed by atoms with E-state index in [0.717, 1.165) is 29.0 Å². The highest BCUT2D eigenvalue weighted by Gasteiger charge is 2.22. The number of carbonyl (C=O) groups excluding carboxylic acids is 2. The van der Waals surface area contributed by atoms with Gasteiger partial charge in [0.1, 0.15) is 37.9 Å².